The molecule has 1 amide bonds. The molecule has 3 aromatic carbocycles. The van der Waals surface area contributed by atoms with Crippen LogP contribution < -0.4 is 10.1 Å². The second kappa shape index (κ2) is 8.54. The molecule has 0 aliphatic rings. The van der Waals surface area contributed by atoms with E-state index in [1.54, 1.807) is 7.11 Å². The summed E-state index contributed by atoms with van der Waals surface area (Å²) in [6, 6.07) is 23.9. The van der Waals surface area contributed by atoms with Crippen LogP contribution in [-0.2, 0) is 0 Å². The van der Waals surface area contributed by atoms with Gasteiger partial charge in [0.1, 0.15) is 5.75 Å². The molecule has 3 heteroatoms. The number of rotatable bonds is 6. The predicted molar refractivity (Wildman–Crippen MR) is 110 cm³/mol. The van der Waals surface area contributed by atoms with Gasteiger partial charge in [0.25, 0.3) is 5.91 Å². The van der Waals surface area contributed by atoms with Crippen LogP contribution in [0, 0.1) is 6.92 Å². The number of benzene rings is 3. The second-order valence-corrected chi connectivity index (χ2v) is 6.61. The Bertz CT molecular complexity index is 901. The zero-order chi connectivity index (χ0) is 19.2. The van der Waals surface area contributed by atoms with Gasteiger partial charge in [0, 0.05) is 5.56 Å². The van der Waals surface area contributed by atoms with E-state index in [0.717, 1.165) is 34.4 Å². The van der Waals surface area contributed by atoms with Gasteiger partial charge in [0.15, 0.2) is 0 Å². The van der Waals surface area contributed by atoms with Gasteiger partial charge >= 0.3 is 0 Å². The maximum absolute atomic E-state index is 12.7. The van der Waals surface area contributed by atoms with Crippen molar-refractivity contribution in [2.75, 3.05) is 7.11 Å². The topological polar surface area (TPSA) is 38.3 Å². The highest BCUT2D eigenvalue weighted by atomic mass is 16.5. The molecule has 3 aromatic rings. The fourth-order valence-corrected chi connectivity index (χ4v) is 3.23. The lowest BCUT2D eigenvalue weighted by Gasteiger charge is -2.19. The van der Waals surface area contributed by atoms with Crippen molar-refractivity contribution < 1.29 is 9.53 Å². The molecule has 0 unspecified atom stereocenters. The molecule has 0 aromatic heterocycles. The van der Waals surface area contributed by atoms with Crippen molar-refractivity contribution in [3.05, 3.63) is 89.5 Å². The smallest absolute Gasteiger partial charge is 0.251 e. The van der Waals surface area contributed by atoms with Crippen molar-refractivity contribution in [2.45, 2.75) is 26.3 Å². The molecule has 0 spiro atoms. The fourth-order valence-electron chi connectivity index (χ4n) is 3.23. The number of nitrogens with one attached hydrogen (secondary N) is 1. The predicted octanol–water partition coefficient (Wildman–Crippen LogP) is 5.55. The van der Waals surface area contributed by atoms with Crippen molar-refractivity contribution in [3.8, 4) is 16.9 Å². The summed E-state index contributed by atoms with van der Waals surface area (Å²) in [4.78, 5) is 12.7. The molecule has 0 bridgehead atoms. The first kappa shape index (κ1) is 18.7. The van der Waals surface area contributed by atoms with Crippen LogP contribution in [0.25, 0.3) is 11.1 Å². The van der Waals surface area contributed by atoms with E-state index in [0.29, 0.717) is 5.56 Å². The van der Waals surface area contributed by atoms with E-state index in [-0.39, 0.29) is 11.9 Å². The van der Waals surface area contributed by atoms with Gasteiger partial charge in [-0.15, -0.1) is 0 Å². The number of carbonyl (C=O) groups excluding carboxylic acids is 1. The molecular weight excluding hydrogens is 334 g/mol. The summed E-state index contributed by atoms with van der Waals surface area (Å²) < 4.78 is 5.32. The minimum atomic E-state index is -0.0602. The van der Waals surface area contributed by atoms with Gasteiger partial charge < -0.3 is 10.1 Å². The van der Waals surface area contributed by atoms with Crippen LogP contribution in [0.3, 0.4) is 0 Å². The Morgan fingerprint density at radius 3 is 2.22 bits per heavy atom. The van der Waals surface area contributed by atoms with E-state index in [2.05, 4.69) is 30.4 Å². The summed E-state index contributed by atoms with van der Waals surface area (Å²) in [6.07, 6.45) is 0.819. The van der Waals surface area contributed by atoms with Crippen molar-refractivity contribution in [3.63, 3.8) is 0 Å². The standard InChI is InChI=1S/C24H25NO2/c1-4-22(21-14-15-23(27-3)17(2)16-21)25-24(26)20-12-10-19(11-13-20)18-8-6-5-7-9-18/h5-16,22H,4H2,1-3H3,(H,25,26)/t22-/m0/s1. The molecule has 0 saturated carbocycles. The molecule has 27 heavy (non-hydrogen) atoms. The van der Waals surface area contributed by atoms with Gasteiger partial charge in [-0.1, -0.05) is 61.5 Å². The molecule has 1 N–H and O–H groups in total. The Labute approximate surface area is 161 Å². The van der Waals surface area contributed by atoms with Crippen LogP contribution in [0.2, 0.25) is 0 Å². The Kier molecular flexibility index (Phi) is 5.92. The number of methoxy groups -OCH3 is 1. The highest BCUT2D eigenvalue weighted by Gasteiger charge is 2.15. The first-order chi connectivity index (χ1) is 13.1. The van der Waals surface area contributed by atoms with Gasteiger partial charge in [-0.25, -0.2) is 0 Å². The molecule has 1 atom stereocenters. The van der Waals surface area contributed by atoms with Crippen LogP contribution in [0.4, 0.5) is 0 Å². The lowest BCUT2D eigenvalue weighted by Crippen LogP contribution is -2.28. The Morgan fingerprint density at radius 2 is 1.63 bits per heavy atom. The summed E-state index contributed by atoms with van der Waals surface area (Å²) >= 11 is 0. The molecule has 0 radical (unpaired) electrons. The number of hydrogen-bond donors (Lipinski definition) is 1. The molecule has 3 rings (SSSR count). The van der Waals surface area contributed by atoms with Crippen molar-refractivity contribution in [1.82, 2.24) is 5.32 Å². The molecule has 3 nitrogen and oxygen atoms in total. The Morgan fingerprint density at radius 1 is 0.963 bits per heavy atom. The number of ether oxygens (including phenoxy) is 1. The van der Waals surface area contributed by atoms with Crippen LogP contribution in [-0.4, -0.2) is 13.0 Å². The zero-order valence-corrected chi connectivity index (χ0v) is 16.0. The monoisotopic (exact) mass is 359 g/mol. The third kappa shape index (κ3) is 4.37. The summed E-state index contributed by atoms with van der Waals surface area (Å²) in [5.41, 5.74) is 5.06. The summed E-state index contributed by atoms with van der Waals surface area (Å²) in [6.45, 7) is 4.09. The second-order valence-electron chi connectivity index (χ2n) is 6.61. The number of carbonyl (C=O) groups is 1. The highest BCUT2D eigenvalue weighted by Crippen LogP contribution is 2.25. The number of amides is 1. The van der Waals surface area contributed by atoms with Crippen LogP contribution in [0.15, 0.2) is 72.8 Å². The van der Waals surface area contributed by atoms with E-state index in [4.69, 9.17) is 4.74 Å². The van der Waals surface area contributed by atoms with Gasteiger partial charge in [-0.3, -0.25) is 4.79 Å². The Hall–Kier alpha value is -3.07. The molecule has 138 valence electrons. The first-order valence-electron chi connectivity index (χ1n) is 9.23. The molecule has 0 aliphatic carbocycles. The van der Waals surface area contributed by atoms with Crippen molar-refractivity contribution in [2.24, 2.45) is 0 Å². The third-order valence-electron chi connectivity index (χ3n) is 4.79. The van der Waals surface area contributed by atoms with E-state index < -0.39 is 0 Å². The van der Waals surface area contributed by atoms with Crippen LogP contribution >= 0.6 is 0 Å². The minimum absolute atomic E-state index is 0.0316. The van der Waals surface area contributed by atoms with Gasteiger partial charge in [-0.05, 0) is 53.8 Å². The minimum Gasteiger partial charge on any atom is -0.496 e. The Balaban J connectivity index is 1.74. The average Bonchev–Trinajstić information content (AvgIpc) is 2.72. The lowest BCUT2D eigenvalue weighted by atomic mass is 10.0. The van der Waals surface area contributed by atoms with Crippen molar-refractivity contribution >= 4 is 5.91 Å². The molecular formula is C24H25NO2. The van der Waals surface area contributed by atoms with Crippen LogP contribution in [0.1, 0.15) is 40.9 Å². The SMILES string of the molecule is CC[C@H](NC(=O)c1ccc(-c2ccccc2)cc1)c1ccc(OC)c(C)c1. The molecule has 0 fully saturated rings. The maximum Gasteiger partial charge on any atom is 0.251 e. The summed E-state index contributed by atoms with van der Waals surface area (Å²) in [5.74, 6) is 0.798. The van der Waals surface area contributed by atoms with E-state index in [1.165, 1.54) is 0 Å². The quantitative estimate of drug-likeness (QED) is 0.626. The lowest BCUT2D eigenvalue weighted by molar-refractivity contribution is 0.0935. The summed E-state index contributed by atoms with van der Waals surface area (Å²) in [5, 5.41) is 3.14. The van der Waals surface area contributed by atoms with E-state index in [9.17, 15) is 4.79 Å². The molecule has 0 heterocycles. The maximum atomic E-state index is 12.7. The van der Waals surface area contributed by atoms with Gasteiger partial charge in [0.2, 0.25) is 0 Å². The average molecular weight is 359 g/mol. The molecule has 0 saturated heterocycles. The van der Waals surface area contributed by atoms with Crippen LogP contribution in [0.5, 0.6) is 5.75 Å². The summed E-state index contributed by atoms with van der Waals surface area (Å²) in [7, 11) is 1.67. The van der Waals surface area contributed by atoms with Crippen molar-refractivity contribution in [1.29, 1.82) is 0 Å². The normalized spacial score (nSPS) is 11.7. The molecule has 0 aliphatic heterocycles. The zero-order valence-electron chi connectivity index (χ0n) is 16.0. The third-order valence-corrected chi connectivity index (χ3v) is 4.79. The van der Waals surface area contributed by atoms with Gasteiger partial charge in [-0.2, -0.15) is 0 Å². The first-order valence-corrected chi connectivity index (χ1v) is 9.23. The number of aryl methyl sites for hydroxylation is 1. The van der Waals surface area contributed by atoms with E-state index >= 15 is 0 Å². The fraction of sp³-hybridized carbons (Fsp3) is 0.208. The number of hydrogen-bond acceptors (Lipinski definition) is 2. The van der Waals surface area contributed by atoms with E-state index in [1.807, 2.05) is 61.5 Å². The highest BCUT2D eigenvalue weighted by molar-refractivity contribution is 5.95. The largest absolute Gasteiger partial charge is 0.496 e. The van der Waals surface area contributed by atoms with Gasteiger partial charge in [0.05, 0.1) is 13.2 Å².